The highest BCUT2D eigenvalue weighted by atomic mass is 16.5. The second kappa shape index (κ2) is 6.59. The van der Waals surface area contributed by atoms with Gasteiger partial charge in [-0.2, -0.15) is 0 Å². The molecular weight excluding hydrogens is 292 g/mol. The monoisotopic (exact) mass is 318 g/mol. The van der Waals surface area contributed by atoms with Crippen LogP contribution in [-0.4, -0.2) is 51.9 Å². The molecule has 1 aliphatic carbocycles. The van der Waals surface area contributed by atoms with Crippen LogP contribution in [0.4, 0.5) is 0 Å². The van der Waals surface area contributed by atoms with Gasteiger partial charge in [-0.15, -0.1) is 10.2 Å². The lowest BCUT2D eigenvalue weighted by atomic mass is 9.92. The van der Waals surface area contributed by atoms with Crippen molar-refractivity contribution in [2.45, 2.75) is 45.1 Å². The summed E-state index contributed by atoms with van der Waals surface area (Å²) in [7, 11) is 0. The Labute approximate surface area is 137 Å². The minimum atomic E-state index is 0.105. The maximum Gasteiger partial charge on any atom is 0.228 e. The highest BCUT2D eigenvalue weighted by molar-refractivity contribution is 5.79. The zero-order valence-electron chi connectivity index (χ0n) is 13.7. The molecule has 1 unspecified atom stereocenters. The summed E-state index contributed by atoms with van der Waals surface area (Å²) in [5.41, 5.74) is 0. The molecule has 6 heteroatoms. The van der Waals surface area contributed by atoms with E-state index in [-0.39, 0.29) is 5.92 Å². The topological polar surface area (TPSA) is 60.2 Å². The molecule has 1 saturated carbocycles. The van der Waals surface area contributed by atoms with Crippen molar-refractivity contribution >= 4 is 5.91 Å². The Balaban J connectivity index is 1.28. The highest BCUT2D eigenvalue weighted by Gasteiger charge is 2.31. The fraction of sp³-hybridized carbons (Fsp3) is 0.824. The molecule has 6 nitrogen and oxygen atoms in total. The van der Waals surface area contributed by atoms with E-state index in [1.54, 1.807) is 0 Å². The van der Waals surface area contributed by atoms with Crippen molar-refractivity contribution in [2.75, 3.05) is 26.3 Å². The normalized spacial score (nSPS) is 25.9. The van der Waals surface area contributed by atoms with Gasteiger partial charge in [0.2, 0.25) is 5.91 Å². The number of hydrogen-bond acceptors (Lipinski definition) is 4. The summed E-state index contributed by atoms with van der Waals surface area (Å²) in [5, 5.41) is 8.42. The first-order valence-electron chi connectivity index (χ1n) is 9.03. The predicted octanol–water partition coefficient (Wildman–Crippen LogP) is 1.51. The van der Waals surface area contributed by atoms with Gasteiger partial charge in [-0.05, 0) is 43.9 Å². The maximum absolute atomic E-state index is 12.4. The Morgan fingerprint density at radius 3 is 2.70 bits per heavy atom. The van der Waals surface area contributed by atoms with E-state index < -0.39 is 0 Å². The van der Waals surface area contributed by atoms with Crippen LogP contribution in [0, 0.1) is 17.8 Å². The van der Waals surface area contributed by atoms with Gasteiger partial charge >= 0.3 is 0 Å². The van der Waals surface area contributed by atoms with Crippen LogP contribution < -0.4 is 0 Å². The quantitative estimate of drug-likeness (QED) is 0.825. The van der Waals surface area contributed by atoms with Gasteiger partial charge in [0.1, 0.15) is 12.2 Å². The van der Waals surface area contributed by atoms with E-state index in [2.05, 4.69) is 14.8 Å². The van der Waals surface area contributed by atoms with E-state index >= 15 is 0 Å². The molecule has 2 aliphatic heterocycles. The van der Waals surface area contributed by atoms with Crippen LogP contribution in [0.25, 0.3) is 0 Å². The first-order valence-corrected chi connectivity index (χ1v) is 9.03. The summed E-state index contributed by atoms with van der Waals surface area (Å²) in [6.45, 7) is 4.21. The molecule has 4 rings (SSSR count). The molecule has 1 aromatic heterocycles. The van der Waals surface area contributed by atoms with Gasteiger partial charge in [0, 0.05) is 32.7 Å². The Morgan fingerprint density at radius 1 is 1.17 bits per heavy atom. The molecular formula is C17H26N4O2. The van der Waals surface area contributed by atoms with Crippen LogP contribution in [-0.2, 0) is 22.5 Å². The number of hydrogen-bond donors (Lipinski definition) is 0. The van der Waals surface area contributed by atoms with Crippen LogP contribution in [0.2, 0.25) is 0 Å². The van der Waals surface area contributed by atoms with Crippen molar-refractivity contribution < 1.29 is 9.53 Å². The summed E-state index contributed by atoms with van der Waals surface area (Å²) in [6, 6.07) is 0. The van der Waals surface area contributed by atoms with Crippen LogP contribution in [0.3, 0.4) is 0 Å². The van der Waals surface area contributed by atoms with Crippen LogP contribution in [0.1, 0.15) is 37.9 Å². The average molecular weight is 318 g/mol. The average Bonchev–Trinajstić information content (AvgIpc) is 3.04. The lowest BCUT2D eigenvalue weighted by molar-refractivity contribution is -0.136. The first-order chi connectivity index (χ1) is 11.3. The third-order valence-electron chi connectivity index (χ3n) is 5.52. The molecule has 1 atom stereocenters. The van der Waals surface area contributed by atoms with E-state index in [9.17, 15) is 4.79 Å². The molecule has 0 spiro atoms. The Morgan fingerprint density at radius 2 is 2.00 bits per heavy atom. The SMILES string of the molecule is O=C(C1CCOC1)N1CCC(Cc2nncn2CC2CC2)CC1. The zero-order chi connectivity index (χ0) is 15.6. The summed E-state index contributed by atoms with van der Waals surface area (Å²) >= 11 is 0. The Kier molecular flexibility index (Phi) is 4.33. The molecule has 2 saturated heterocycles. The fourth-order valence-corrected chi connectivity index (χ4v) is 3.77. The molecule has 23 heavy (non-hydrogen) atoms. The van der Waals surface area contributed by atoms with E-state index in [0.29, 0.717) is 18.4 Å². The number of nitrogens with zero attached hydrogens (tertiary/aromatic N) is 4. The van der Waals surface area contributed by atoms with Crippen molar-refractivity contribution in [2.24, 2.45) is 17.8 Å². The lowest BCUT2D eigenvalue weighted by Crippen LogP contribution is -2.42. The van der Waals surface area contributed by atoms with Crippen molar-refractivity contribution in [3.8, 4) is 0 Å². The van der Waals surface area contributed by atoms with Crippen LogP contribution in [0.15, 0.2) is 6.33 Å². The number of carbonyl (C=O) groups is 1. The van der Waals surface area contributed by atoms with Gasteiger partial charge < -0.3 is 14.2 Å². The maximum atomic E-state index is 12.4. The molecule has 0 aromatic carbocycles. The number of carbonyl (C=O) groups excluding carboxylic acids is 1. The molecule has 1 amide bonds. The standard InChI is InChI=1S/C17H26N4O2/c22-17(15-5-8-23-11-15)20-6-3-13(4-7-20)9-16-19-18-12-21(16)10-14-1-2-14/h12-15H,1-11H2. The van der Waals surface area contributed by atoms with Crippen molar-refractivity contribution in [3.05, 3.63) is 12.2 Å². The third-order valence-corrected chi connectivity index (χ3v) is 5.52. The smallest absolute Gasteiger partial charge is 0.228 e. The lowest BCUT2D eigenvalue weighted by Gasteiger charge is -2.33. The number of aromatic nitrogens is 3. The van der Waals surface area contributed by atoms with Gasteiger partial charge in [-0.3, -0.25) is 4.79 Å². The second-order valence-corrected chi connectivity index (χ2v) is 7.38. The molecule has 126 valence electrons. The predicted molar refractivity (Wildman–Crippen MR) is 84.7 cm³/mol. The van der Waals surface area contributed by atoms with Gasteiger partial charge in [-0.1, -0.05) is 0 Å². The Hall–Kier alpha value is -1.43. The van der Waals surface area contributed by atoms with E-state index in [0.717, 1.165) is 63.7 Å². The van der Waals surface area contributed by atoms with Gasteiger partial charge in [0.25, 0.3) is 0 Å². The number of rotatable bonds is 5. The number of amides is 1. The number of piperidine rings is 1. The van der Waals surface area contributed by atoms with Crippen LogP contribution in [0.5, 0.6) is 0 Å². The molecule has 0 radical (unpaired) electrons. The number of likely N-dealkylation sites (tertiary alicyclic amines) is 1. The molecule has 0 bridgehead atoms. The summed E-state index contributed by atoms with van der Waals surface area (Å²) in [5.74, 6) is 3.01. The molecule has 3 fully saturated rings. The first kappa shape index (κ1) is 15.1. The fourth-order valence-electron chi connectivity index (χ4n) is 3.77. The number of ether oxygens (including phenoxy) is 1. The zero-order valence-corrected chi connectivity index (χ0v) is 13.7. The van der Waals surface area contributed by atoms with E-state index in [4.69, 9.17) is 4.74 Å². The molecule has 3 aliphatic rings. The van der Waals surface area contributed by atoms with Gasteiger partial charge in [0.15, 0.2) is 0 Å². The Bertz CT molecular complexity index is 541. The molecule has 0 N–H and O–H groups in total. The van der Waals surface area contributed by atoms with Crippen molar-refractivity contribution in [3.63, 3.8) is 0 Å². The van der Waals surface area contributed by atoms with E-state index in [1.165, 1.54) is 12.8 Å². The summed E-state index contributed by atoms with van der Waals surface area (Å²) in [4.78, 5) is 14.5. The van der Waals surface area contributed by atoms with Gasteiger partial charge in [-0.25, -0.2) is 0 Å². The molecule has 1 aromatic rings. The second-order valence-electron chi connectivity index (χ2n) is 7.38. The van der Waals surface area contributed by atoms with Crippen molar-refractivity contribution in [1.82, 2.24) is 19.7 Å². The minimum Gasteiger partial charge on any atom is -0.381 e. The van der Waals surface area contributed by atoms with Crippen molar-refractivity contribution in [1.29, 1.82) is 0 Å². The summed E-state index contributed by atoms with van der Waals surface area (Å²) < 4.78 is 7.59. The minimum absolute atomic E-state index is 0.105. The van der Waals surface area contributed by atoms with E-state index in [1.807, 2.05) is 11.2 Å². The summed E-state index contributed by atoms with van der Waals surface area (Å²) in [6.07, 6.45) is 8.63. The third kappa shape index (κ3) is 3.57. The largest absolute Gasteiger partial charge is 0.381 e. The molecule has 3 heterocycles. The van der Waals surface area contributed by atoms with Crippen LogP contribution >= 0.6 is 0 Å². The van der Waals surface area contributed by atoms with Gasteiger partial charge in [0.05, 0.1) is 12.5 Å². The highest BCUT2D eigenvalue weighted by Crippen LogP contribution is 2.31.